The summed E-state index contributed by atoms with van der Waals surface area (Å²) in [5, 5.41) is 5.15. The molecule has 0 aliphatic rings. The van der Waals surface area contributed by atoms with Crippen molar-refractivity contribution in [3.8, 4) is 11.5 Å². The molecule has 3 rings (SSSR count). The SMILES string of the molecule is CC[C@@H](Oc1cccc2ccccc12)C(=O)NCCCc1cccc(OC(C)C)c1. The summed E-state index contributed by atoms with van der Waals surface area (Å²) in [7, 11) is 0. The minimum Gasteiger partial charge on any atom is -0.491 e. The summed E-state index contributed by atoms with van der Waals surface area (Å²) < 4.78 is 11.8. The van der Waals surface area contributed by atoms with Crippen molar-refractivity contribution in [2.24, 2.45) is 0 Å². The summed E-state index contributed by atoms with van der Waals surface area (Å²) in [4.78, 5) is 12.6. The highest BCUT2D eigenvalue weighted by Gasteiger charge is 2.18. The maximum absolute atomic E-state index is 12.6. The molecule has 0 fully saturated rings. The fraction of sp³-hybridized carbons (Fsp3) is 0.346. The molecule has 0 saturated carbocycles. The van der Waals surface area contributed by atoms with E-state index in [9.17, 15) is 4.79 Å². The number of hydrogen-bond donors (Lipinski definition) is 1. The van der Waals surface area contributed by atoms with Crippen LogP contribution >= 0.6 is 0 Å². The molecule has 3 aromatic carbocycles. The Kier molecular flexibility index (Phi) is 7.72. The Morgan fingerprint density at radius 1 is 0.967 bits per heavy atom. The van der Waals surface area contributed by atoms with Gasteiger partial charge in [-0.05, 0) is 62.3 Å². The Hall–Kier alpha value is -3.01. The lowest BCUT2D eigenvalue weighted by Gasteiger charge is -2.18. The van der Waals surface area contributed by atoms with E-state index >= 15 is 0 Å². The molecular formula is C26H31NO3. The zero-order chi connectivity index (χ0) is 21.3. The van der Waals surface area contributed by atoms with Gasteiger partial charge in [-0.1, -0.05) is 55.5 Å². The maximum atomic E-state index is 12.6. The maximum Gasteiger partial charge on any atom is 0.261 e. The summed E-state index contributed by atoms with van der Waals surface area (Å²) in [6.07, 6.45) is 2.02. The number of rotatable bonds is 10. The van der Waals surface area contributed by atoms with Gasteiger partial charge in [-0.2, -0.15) is 0 Å². The van der Waals surface area contributed by atoms with E-state index in [0.717, 1.165) is 35.1 Å². The first kappa shape index (κ1) is 21.7. The van der Waals surface area contributed by atoms with Gasteiger partial charge in [0.1, 0.15) is 11.5 Å². The van der Waals surface area contributed by atoms with Crippen LogP contribution in [0.5, 0.6) is 11.5 Å². The lowest BCUT2D eigenvalue weighted by molar-refractivity contribution is -0.128. The second-order valence-electron chi connectivity index (χ2n) is 7.70. The number of ether oxygens (including phenoxy) is 2. The standard InChI is InChI=1S/C26H31NO3/c1-4-24(30-25-16-8-13-21-12-5-6-15-23(21)25)26(28)27-17-9-11-20-10-7-14-22(18-20)29-19(2)3/h5-8,10,12-16,18-19,24H,4,9,11,17H2,1-3H3,(H,27,28)/t24-/m1/s1. The quantitative estimate of drug-likeness (QED) is 0.451. The van der Waals surface area contributed by atoms with E-state index in [0.29, 0.717) is 13.0 Å². The Bertz CT molecular complexity index is 962. The second kappa shape index (κ2) is 10.7. The van der Waals surface area contributed by atoms with Crippen LogP contribution in [0.4, 0.5) is 0 Å². The highest BCUT2D eigenvalue weighted by Crippen LogP contribution is 2.26. The third-order valence-electron chi connectivity index (χ3n) is 4.89. The van der Waals surface area contributed by atoms with Crippen LogP contribution in [-0.2, 0) is 11.2 Å². The zero-order valence-electron chi connectivity index (χ0n) is 18.1. The summed E-state index contributed by atoms with van der Waals surface area (Å²) in [6.45, 7) is 6.62. The molecule has 0 bridgehead atoms. The molecule has 4 nitrogen and oxygen atoms in total. The van der Waals surface area contributed by atoms with Crippen LogP contribution in [0.15, 0.2) is 66.7 Å². The van der Waals surface area contributed by atoms with Crippen LogP contribution < -0.4 is 14.8 Å². The zero-order valence-corrected chi connectivity index (χ0v) is 18.1. The molecule has 4 heteroatoms. The molecule has 0 saturated heterocycles. The fourth-order valence-corrected chi connectivity index (χ4v) is 3.44. The third-order valence-corrected chi connectivity index (χ3v) is 4.89. The molecule has 0 heterocycles. The lowest BCUT2D eigenvalue weighted by atomic mass is 10.1. The molecule has 0 unspecified atom stereocenters. The van der Waals surface area contributed by atoms with E-state index in [1.54, 1.807) is 0 Å². The highest BCUT2D eigenvalue weighted by molar-refractivity contribution is 5.89. The van der Waals surface area contributed by atoms with Crippen LogP contribution in [0, 0.1) is 0 Å². The van der Waals surface area contributed by atoms with Gasteiger partial charge in [-0.25, -0.2) is 0 Å². The van der Waals surface area contributed by atoms with Crippen LogP contribution in [0.2, 0.25) is 0 Å². The van der Waals surface area contributed by atoms with Crippen molar-refractivity contribution in [3.05, 3.63) is 72.3 Å². The molecule has 1 N–H and O–H groups in total. The van der Waals surface area contributed by atoms with Crippen molar-refractivity contribution < 1.29 is 14.3 Å². The van der Waals surface area contributed by atoms with Crippen molar-refractivity contribution in [3.63, 3.8) is 0 Å². The predicted octanol–water partition coefficient (Wildman–Crippen LogP) is 5.53. The van der Waals surface area contributed by atoms with E-state index in [-0.39, 0.29) is 12.0 Å². The molecule has 0 aromatic heterocycles. The van der Waals surface area contributed by atoms with Crippen molar-refractivity contribution in [1.82, 2.24) is 5.32 Å². The van der Waals surface area contributed by atoms with Gasteiger partial charge in [-0.15, -0.1) is 0 Å². The second-order valence-corrected chi connectivity index (χ2v) is 7.70. The molecule has 0 spiro atoms. The number of aryl methyl sites for hydroxylation is 1. The van der Waals surface area contributed by atoms with Gasteiger partial charge in [0.05, 0.1) is 6.10 Å². The average Bonchev–Trinajstić information content (AvgIpc) is 2.74. The first-order chi connectivity index (χ1) is 14.6. The summed E-state index contributed by atoms with van der Waals surface area (Å²) in [6, 6.07) is 22.1. The highest BCUT2D eigenvalue weighted by atomic mass is 16.5. The Balaban J connectivity index is 1.51. The number of carbonyl (C=O) groups excluding carboxylic acids is 1. The van der Waals surface area contributed by atoms with Crippen molar-refractivity contribution in [2.45, 2.75) is 52.2 Å². The number of amides is 1. The van der Waals surface area contributed by atoms with Crippen LogP contribution in [-0.4, -0.2) is 24.7 Å². The normalized spacial score (nSPS) is 12.0. The largest absolute Gasteiger partial charge is 0.491 e. The molecule has 158 valence electrons. The number of fused-ring (bicyclic) bond motifs is 1. The lowest BCUT2D eigenvalue weighted by Crippen LogP contribution is -2.38. The molecule has 0 radical (unpaired) electrons. The van der Waals surface area contributed by atoms with Gasteiger partial charge in [0, 0.05) is 11.9 Å². The van der Waals surface area contributed by atoms with E-state index in [4.69, 9.17) is 9.47 Å². The summed E-state index contributed by atoms with van der Waals surface area (Å²) >= 11 is 0. The van der Waals surface area contributed by atoms with E-state index in [2.05, 4.69) is 17.4 Å². The monoisotopic (exact) mass is 405 g/mol. The van der Waals surface area contributed by atoms with Gasteiger partial charge < -0.3 is 14.8 Å². The summed E-state index contributed by atoms with van der Waals surface area (Å²) in [5.74, 6) is 1.57. The Morgan fingerprint density at radius 3 is 2.53 bits per heavy atom. The Morgan fingerprint density at radius 2 is 1.73 bits per heavy atom. The summed E-state index contributed by atoms with van der Waals surface area (Å²) in [5.41, 5.74) is 1.21. The van der Waals surface area contributed by atoms with E-state index in [1.807, 2.05) is 75.4 Å². The predicted molar refractivity (Wildman–Crippen MR) is 122 cm³/mol. The van der Waals surface area contributed by atoms with E-state index < -0.39 is 6.10 Å². The molecular weight excluding hydrogens is 374 g/mol. The topological polar surface area (TPSA) is 47.6 Å². The first-order valence-corrected chi connectivity index (χ1v) is 10.7. The molecule has 1 amide bonds. The number of nitrogens with one attached hydrogen (secondary N) is 1. The van der Waals surface area contributed by atoms with Crippen molar-refractivity contribution in [2.75, 3.05) is 6.54 Å². The van der Waals surface area contributed by atoms with Gasteiger partial charge in [0.2, 0.25) is 0 Å². The number of benzene rings is 3. The molecule has 30 heavy (non-hydrogen) atoms. The van der Waals surface area contributed by atoms with Gasteiger partial charge in [0.25, 0.3) is 5.91 Å². The van der Waals surface area contributed by atoms with Gasteiger partial charge in [0.15, 0.2) is 6.10 Å². The van der Waals surface area contributed by atoms with E-state index in [1.165, 1.54) is 5.56 Å². The van der Waals surface area contributed by atoms with Crippen molar-refractivity contribution in [1.29, 1.82) is 0 Å². The minimum atomic E-state index is -0.501. The average molecular weight is 406 g/mol. The molecule has 0 aliphatic heterocycles. The molecule has 0 aliphatic carbocycles. The van der Waals surface area contributed by atoms with Gasteiger partial charge >= 0.3 is 0 Å². The van der Waals surface area contributed by atoms with Crippen molar-refractivity contribution >= 4 is 16.7 Å². The number of hydrogen-bond acceptors (Lipinski definition) is 3. The number of carbonyl (C=O) groups is 1. The molecule has 3 aromatic rings. The molecule has 1 atom stereocenters. The van der Waals surface area contributed by atoms with Crippen LogP contribution in [0.25, 0.3) is 10.8 Å². The van der Waals surface area contributed by atoms with Gasteiger partial charge in [-0.3, -0.25) is 4.79 Å². The Labute approximate surface area is 179 Å². The third kappa shape index (κ3) is 5.99. The van der Waals surface area contributed by atoms with Crippen LogP contribution in [0.3, 0.4) is 0 Å². The van der Waals surface area contributed by atoms with Crippen LogP contribution in [0.1, 0.15) is 39.2 Å². The minimum absolute atomic E-state index is 0.0673. The first-order valence-electron chi connectivity index (χ1n) is 10.7. The fourth-order valence-electron chi connectivity index (χ4n) is 3.44. The smallest absolute Gasteiger partial charge is 0.261 e.